The van der Waals surface area contributed by atoms with E-state index < -0.39 is 46.8 Å². The monoisotopic (exact) mass is 583 g/mol. The summed E-state index contributed by atoms with van der Waals surface area (Å²) >= 11 is 9.20. The van der Waals surface area contributed by atoms with Crippen molar-refractivity contribution in [2.45, 2.75) is 37.1 Å². The third-order valence-corrected chi connectivity index (χ3v) is 6.33. The Balaban J connectivity index is 1.94. The minimum absolute atomic E-state index is 0.0390. The fraction of sp³-hybridized carbons (Fsp3) is 0.348. The van der Waals surface area contributed by atoms with Crippen molar-refractivity contribution in [3.63, 3.8) is 0 Å². The van der Waals surface area contributed by atoms with Crippen molar-refractivity contribution in [2.24, 2.45) is 0 Å². The van der Waals surface area contributed by atoms with Gasteiger partial charge in [-0.2, -0.15) is 4.98 Å². The maximum atomic E-state index is 13.0. The molecule has 1 aromatic carbocycles. The summed E-state index contributed by atoms with van der Waals surface area (Å²) in [6.07, 6.45) is 0.0122. The zero-order valence-electron chi connectivity index (χ0n) is 19.5. The number of amides is 1. The molecule has 0 radical (unpaired) electrons. The first kappa shape index (κ1) is 27.4. The SMILES string of the molecule is COc1ccc(C(=O)Nc2nc(=O)n([C@@H]3O[C@H](COC(C)=O)[C@H](Br)[C@H]3OC(C)=O)cc2/C=C/Cl)cc1. The van der Waals surface area contributed by atoms with E-state index in [0.717, 1.165) is 4.57 Å². The molecule has 0 unspecified atom stereocenters. The van der Waals surface area contributed by atoms with Gasteiger partial charge in [0.05, 0.1) is 11.9 Å². The van der Waals surface area contributed by atoms with Gasteiger partial charge in [0.2, 0.25) is 0 Å². The highest BCUT2D eigenvalue weighted by Crippen LogP contribution is 2.36. The van der Waals surface area contributed by atoms with Gasteiger partial charge < -0.3 is 24.3 Å². The highest BCUT2D eigenvalue weighted by Gasteiger charge is 2.47. The van der Waals surface area contributed by atoms with Crippen LogP contribution in [0, 0.1) is 0 Å². The van der Waals surface area contributed by atoms with E-state index in [1.807, 2.05) is 0 Å². The Bertz CT molecular complexity index is 1220. The Morgan fingerprint density at radius 2 is 1.92 bits per heavy atom. The lowest BCUT2D eigenvalue weighted by atomic mass is 10.2. The lowest BCUT2D eigenvalue weighted by molar-refractivity contribution is -0.153. The Hall–Kier alpha value is -3.22. The number of methoxy groups -OCH3 is 1. The number of anilines is 1. The summed E-state index contributed by atoms with van der Waals surface area (Å²) < 4.78 is 22.5. The molecule has 192 valence electrons. The summed E-state index contributed by atoms with van der Waals surface area (Å²) in [5.74, 6) is -1.09. The number of benzene rings is 1. The van der Waals surface area contributed by atoms with E-state index in [4.69, 9.17) is 30.5 Å². The lowest BCUT2D eigenvalue weighted by Gasteiger charge is -2.22. The molecular weight excluding hydrogens is 562 g/mol. The van der Waals surface area contributed by atoms with Crippen molar-refractivity contribution in [3.05, 3.63) is 57.6 Å². The number of esters is 2. The number of carbonyl (C=O) groups is 3. The van der Waals surface area contributed by atoms with Gasteiger partial charge >= 0.3 is 17.6 Å². The summed E-state index contributed by atoms with van der Waals surface area (Å²) in [6.45, 7) is 2.33. The number of carbonyl (C=O) groups excluding carboxylic acids is 3. The second-order valence-corrected chi connectivity index (χ2v) is 8.91. The largest absolute Gasteiger partial charge is 0.497 e. The highest BCUT2D eigenvalue weighted by atomic mass is 79.9. The van der Waals surface area contributed by atoms with Gasteiger partial charge in [0.25, 0.3) is 5.91 Å². The summed E-state index contributed by atoms with van der Waals surface area (Å²) in [7, 11) is 1.51. The Morgan fingerprint density at radius 3 is 2.50 bits per heavy atom. The van der Waals surface area contributed by atoms with Crippen LogP contribution in [-0.4, -0.2) is 58.1 Å². The maximum absolute atomic E-state index is 13.0. The second-order valence-electron chi connectivity index (χ2n) is 7.60. The molecule has 3 rings (SSSR count). The third-order valence-electron chi connectivity index (χ3n) is 5.10. The molecule has 1 aliphatic rings. The van der Waals surface area contributed by atoms with E-state index in [2.05, 4.69) is 26.2 Å². The molecule has 11 nitrogen and oxygen atoms in total. The minimum Gasteiger partial charge on any atom is -0.497 e. The Morgan fingerprint density at radius 1 is 1.22 bits per heavy atom. The summed E-state index contributed by atoms with van der Waals surface area (Å²) in [5, 5.41) is 2.59. The minimum atomic E-state index is -1.10. The number of hydrogen-bond acceptors (Lipinski definition) is 9. The van der Waals surface area contributed by atoms with Gasteiger partial charge in [-0.05, 0) is 30.3 Å². The molecule has 13 heteroatoms. The summed E-state index contributed by atoms with van der Waals surface area (Å²) in [4.78, 5) is 52.1. The van der Waals surface area contributed by atoms with Crippen LogP contribution in [-0.2, 0) is 23.8 Å². The quantitative estimate of drug-likeness (QED) is 0.367. The van der Waals surface area contributed by atoms with Crippen LogP contribution in [0.15, 0.2) is 40.8 Å². The van der Waals surface area contributed by atoms with E-state index in [1.165, 1.54) is 38.8 Å². The number of rotatable bonds is 8. The van der Waals surface area contributed by atoms with Gasteiger partial charge in [-0.3, -0.25) is 19.0 Å². The van der Waals surface area contributed by atoms with E-state index >= 15 is 0 Å². The molecule has 36 heavy (non-hydrogen) atoms. The van der Waals surface area contributed by atoms with Gasteiger partial charge in [0.1, 0.15) is 24.3 Å². The van der Waals surface area contributed by atoms with Crippen molar-refractivity contribution in [1.29, 1.82) is 0 Å². The van der Waals surface area contributed by atoms with Crippen molar-refractivity contribution in [1.82, 2.24) is 9.55 Å². The second kappa shape index (κ2) is 12.2. The maximum Gasteiger partial charge on any atom is 0.351 e. The predicted octanol–water partition coefficient (Wildman–Crippen LogP) is 2.87. The average molecular weight is 585 g/mol. The summed E-state index contributed by atoms with van der Waals surface area (Å²) in [5.41, 5.74) is 0.991. The predicted molar refractivity (Wildman–Crippen MR) is 133 cm³/mol. The molecule has 4 atom stereocenters. The van der Waals surface area contributed by atoms with E-state index in [1.54, 1.807) is 24.3 Å². The molecule has 0 saturated carbocycles. The number of nitrogens with zero attached hydrogens (tertiary/aromatic N) is 2. The molecule has 2 heterocycles. The first-order valence-corrected chi connectivity index (χ1v) is 11.9. The molecule has 0 bridgehead atoms. The lowest BCUT2D eigenvalue weighted by Crippen LogP contribution is -2.37. The van der Waals surface area contributed by atoms with Crippen LogP contribution < -0.4 is 15.7 Å². The van der Waals surface area contributed by atoms with Crippen LogP contribution in [0.5, 0.6) is 5.75 Å². The first-order chi connectivity index (χ1) is 17.1. The van der Waals surface area contributed by atoms with E-state index in [9.17, 15) is 19.2 Å². The number of nitrogens with one attached hydrogen (secondary N) is 1. The summed E-state index contributed by atoms with van der Waals surface area (Å²) in [6, 6.07) is 6.36. The molecule has 1 aromatic heterocycles. The highest BCUT2D eigenvalue weighted by molar-refractivity contribution is 9.09. The zero-order valence-corrected chi connectivity index (χ0v) is 21.8. The fourth-order valence-electron chi connectivity index (χ4n) is 3.45. The molecule has 2 aromatic rings. The smallest absolute Gasteiger partial charge is 0.351 e. The molecule has 1 fully saturated rings. The van der Waals surface area contributed by atoms with Gasteiger partial charge in [0, 0.05) is 36.7 Å². The van der Waals surface area contributed by atoms with Gasteiger partial charge in [0.15, 0.2) is 12.3 Å². The van der Waals surface area contributed by atoms with Crippen molar-refractivity contribution in [2.75, 3.05) is 19.0 Å². The fourth-order valence-corrected chi connectivity index (χ4v) is 4.23. The Kier molecular flexibility index (Phi) is 9.24. The number of hydrogen-bond donors (Lipinski definition) is 1. The number of alkyl halides is 1. The molecule has 1 aliphatic heterocycles. The van der Waals surface area contributed by atoms with Crippen LogP contribution >= 0.6 is 27.5 Å². The molecular formula is C23H23BrClN3O8. The average Bonchev–Trinajstić information content (AvgIpc) is 3.13. The molecule has 0 spiro atoms. The van der Waals surface area contributed by atoms with Crippen LogP contribution in [0.1, 0.15) is 36.0 Å². The normalized spacial score (nSPS) is 21.2. The molecule has 1 saturated heterocycles. The van der Waals surface area contributed by atoms with E-state index in [0.29, 0.717) is 11.3 Å². The number of halogens is 2. The topological polar surface area (TPSA) is 135 Å². The van der Waals surface area contributed by atoms with Gasteiger partial charge in [-0.15, -0.1) is 0 Å². The Labute approximate surface area is 219 Å². The van der Waals surface area contributed by atoms with Crippen LogP contribution in [0.3, 0.4) is 0 Å². The van der Waals surface area contributed by atoms with Gasteiger partial charge in [-0.1, -0.05) is 27.5 Å². The standard InChI is InChI=1S/C23H23BrClN3O8/c1-12(29)34-11-17-18(24)19(35-13(2)30)22(36-17)28-10-15(8-9-25)20(27-23(28)32)26-21(31)14-4-6-16(33-3)7-5-14/h4-10,17-19,22H,11H2,1-3H3,(H,26,27,31,32)/b9-8+/t17-,18+,19-,22-/m1/s1. The number of aromatic nitrogens is 2. The third kappa shape index (κ3) is 6.50. The first-order valence-electron chi connectivity index (χ1n) is 10.6. The van der Waals surface area contributed by atoms with Gasteiger partial charge in [-0.25, -0.2) is 4.79 Å². The molecule has 1 N–H and O–H groups in total. The molecule has 0 aliphatic carbocycles. The number of ether oxygens (including phenoxy) is 4. The van der Waals surface area contributed by atoms with Crippen molar-refractivity contribution < 1.29 is 33.3 Å². The van der Waals surface area contributed by atoms with Crippen LogP contribution in [0.25, 0.3) is 6.08 Å². The van der Waals surface area contributed by atoms with Crippen molar-refractivity contribution >= 4 is 57.3 Å². The van der Waals surface area contributed by atoms with Crippen LogP contribution in [0.4, 0.5) is 5.82 Å². The van der Waals surface area contributed by atoms with Crippen molar-refractivity contribution in [3.8, 4) is 5.75 Å². The van der Waals surface area contributed by atoms with E-state index in [-0.39, 0.29) is 18.0 Å². The van der Waals surface area contributed by atoms with Crippen LogP contribution in [0.2, 0.25) is 0 Å². The molecule has 1 amide bonds. The zero-order chi connectivity index (χ0) is 26.4.